The Hall–Kier alpha value is -3.51. The third-order valence-electron chi connectivity index (χ3n) is 5.04. The Kier molecular flexibility index (Phi) is 6.92. The fourth-order valence-corrected chi connectivity index (χ4v) is 3.72. The molecule has 1 aliphatic rings. The second kappa shape index (κ2) is 10.2. The zero-order valence-corrected chi connectivity index (χ0v) is 18.1. The average molecular weight is 451 g/mol. The van der Waals surface area contributed by atoms with Gasteiger partial charge in [-0.25, -0.2) is 0 Å². The Morgan fingerprint density at radius 3 is 2.38 bits per heavy atom. The summed E-state index contributed by atoms with van der Waals surface area (Å²) in [5.41, 5.74) is 1.94. The summed E-state index contributed by atoms with van der Waals surface area (Å²) in [6.07, 6.45) is 0.775. The number of nitrogens with one attached hydrogen (secondary N) is 2. The first-order chi connectivity index (χ1) is 15.6. The summed E-state index contributed by atoms with van der Waals surface area (Å²) in [7, 11) is 0. The second-order valence-corrected chi connectivity index (χ2v) is 7.76. The van der Waals surface area contributed by atoms with Crippen LogP contribution < -0.4 is 20.1 Å². The number of hydrogen-bond donors (Lipinski definition) is 2. The van der Waals surface area contributed by atoms with Crippen LogP contribution in [0.5, 0.6) is 11.5 Å². The van der Waals surface area contributed by atoms with Gasteiger partial charge in [0.15, 0.2) is 11.5 Å². The molecule has 32 heavy (non-hydrogen) atoms. The van der Waals surface area contributed by atoms with E-state index in [0.717, 1.165) is 12.0 Å². The molecule has 0 fully saturated rings. The lowest BCUT2D eigenvalue weighted by Gasteiger charge is -2.19. The molecule has 2 amide bonds. The van der Waals surface area contributed by atoms with Crippen LogP contribution in [0.1, 0.15) is 33.9 Å². The van der Waals surface area contributed by atoms with E-state index in [2.05, 4.69) is 10.6 Å². The molecular formula is C25H23ClN2O4. The van der Waals surface area contributed by atoms with E-state index in [1.165, 1.54) is 0 Å². The van der Waals surface area contributed by atoms with E-state index in [1.54, 1.807) is 42.5 Å². The summed E-state index contributed by atoms with van der Waals surface area (Å²) in [4.78, 5) is 25.8. The maximum Gasteiger partial charge on any atom is 0.252 e. The van der Waals surface area contributed by atoms with Crippen molar-refractivity contribution in [3.8, 4) is 11.5 Å². The van der Waals surface area contributed by atoms with Gasteiger partial charge in [0.2, 0.25) is 5.91 Å². The summed E-state index contributed by atoms with van der Waals surface area (Å²) in [6.45, 7) is 1.31. The minimum absolute atomic E-state index is 0.222. The monoisotopic (exact) mass is 450 g/mol. The average Bonchev–Trinajstić information content (AvgIpc) is 3.08. The molecule has 1 atom stereocenters. The van der Waals surface area contributed by atoms with Crippen LogP contribution in [0.2, 0.25) is 5.02 Å². The molecule has 164 valence electrons. The van der Waals surface area contributed by atoms with Crippen molar-refractivity contribution in [2.45, 2.75) is 19.0 Å². The van der Waals surface area contributed by atoms with Crippen LogP contribution in [0.15, 0.2) is 72.8 Å². The van der Waals surface area contributed by atoms with Gasteiger partial charge in [-0.1, -0.05) is 60.1 Å². The van der Waals surface area contributed by atoms with Crippen molar-refractivity contribution in [1.82, 2.24) is 10.6 Å². The zero-order chi connectivity index (χ0) is 22.3. The highest BCUT2D eigenvalue weighted by Crippen LogP contribution is 2.38. The molecule has 2 N–H and O–H groups in total. The molecule has 3 aromatic rings. The lowest BCUT2D eigenvalue weighted by atomic mass is 10.0. The SMILES string of the molecule is O=C(NC(C(=O)NCc1cc(Cl)c2c(c1)OCCCO2)c1ccccc1)c1ccccc1. The molecule has 0 bridgehead atoms. The number of carbonyl (C=O) groups is 2. The minimum atomic E-state index is -0.847. The molecule has 6 nitrogen and oxygen atoms in total. The molecular weight excluding hydrogens is 428 g/mol. The highest BCUT2D eigenvalue weighted by Gasteiger charge is 2.23. The maximum absolute atomic E-state index is 13.1. The summed E-state index contributed by atoms with van der Waals surface area (Å²) in [6, 6.07) is 20.6. The molecule has 0 saturated heterocycles. The molecule has 0 aliphatic carbocycles. The molecule has 3 aromatic carbocycles. The smallest absolute Gasteiger partial charge is 0.252 e. The number of hydrogen-bond acceptors (Lipinski definition) is 4. The molecule has 4 rings (SSSR count). The first-order valence-corrected chi connectivity index (χ1v) is 10.8. The van der Waals surface area contributed by atoms with Gasteiger partial charge >= 0.3 is 0 Å². The molecule has 1 unspecified atom stereocenters. The van der Waals surface area contributed by atoms with Gasteiger partial charge < -0.3 is 20.1 Å². The molecule has 0 aromatic heterocycles. The van der Waals surface area contributed by atoms with Gasteiger partial charge in [0, 0.05) is 18.5 Å². The predicted molar refractivity (Wildman–Crippen MR) is 122 cm³/mol. The first-order valence-electron chi connectivity index (χ1n) is 10.4. The molecule has 0 radical (unpaired) electrons. The van der Waals surface area contributed by atoms with Gasteiger partial charge in [-0.2, -0.15) is 0 Å². The van der Waals surface area contributed by atoms with E-state index in [0.29, 0.717) is 40.9 Å². The quantitative estimate of drug-likeness (QED) is 0.587. The van der Waals surface area contributed by atoms with E-state index in [-0.39, 0.29) is 18.4 Å². The summed E-state index contributed by atoms with van der Waals surface area (Å²) in [5.74, 6) is 0.435. The highest BCUT2D eigenvalue weighted by atomic mass is 35.5. The third kappa shape index (κ3) is 5.21. The zero-order valence-electron chi connectivity index (χ0n) is 17.3. The Labute approximate surface area is 191 Å². The molecule has 7 heteroatoms. The van der Waals surface area contributed by atoms with Crippen LogP contribution in [-0.2, 0) is 11.3 Å². The predicted octanol–water partition coefficient (Wildman–Crippen LogP) is 4.29. The molecule has 1 heterocycles. The minimum Gasteiger partial charge on any atom is -0.489 e. The molecule has 0 saturated carbocycles. The van der Waals surface area contributed by atoms with Crippen molar-refractivity contribution in [2.75, 3.05) is 13.2 Å². The second-order valence-electron chi connectivity index (χ2n) is 7.36. The largest absolute Gasteiger partial charge is 0.489 e. The van der Waals surface area contributed by atoms with Gasteiger partial charge in [-0.15, -0.1) is 0 Å². The van der Waals surface area contributed by atoms with E-state index in [1.807, 2.05) is 30.3 Å². The summed E-state index contributed by atoms with van der Waals surface area (Å²) in [5, 5.41) is 6.16. The first kappa shape index (κ1) is 21.7. The summed E-state index contributed by atoms with van der Waals surface area (Å²) < 4.78 is 11.4. The van der Waals surface area contributed by atoms with Crippen LogP contribution in [0.3, 0.4) is 0 Å². The van der Waals surface area contributed by atoms with Crippen LogP contribution >= 0.6 is 11.6 Å². The van der Waals surface area contributed by atoms with Crippen molar-refractivity contribution in [2.24, 2.45) is 0 Å². The van der Waals surface area contributed by atoms with E-state index in [9.17, 15) is 9.59 Å². The number of ether oxygens (including phenoxy) is 2. The fourth-order valence-electron chi connectivity index (χ4n) is 3.43. The third-order valence-corrected chi connectivity index (χ3v) is 5.32. The fraction of sp³-hybridized carbons (Fsp3) is 0.200. The lowest BCUT2D eigenvalue weighted by molar-refractivity contribution is -0.123. The van der Waals surface area contributed by atoms with Gasteiger partial charge in [0.1, 0.15) is 6.04 Å². The topological polar surface area (TPSA) is 76.7 Å². The van der Waals surface area contributed by atoms with Crippen molar-refractivity contribution in [3.05, 3.63) is 94.5 Å². The lowest BCUT2D eigenvalue weighted by Crippen LogP contribution is -2.40. The van der Waals surface area contributed by atoms with Gasteiger partial charge in [-0.05, 0) is 35.4 Å². The van der Waals surface area contributed by atoms with Gasteiger partial charge in [-0.3, -0.25) is 9.59 Å². The number of benzene rings is 3. The normalized spacial score (nSPS) is 13.5. The number of fused-ring (bicyclic) bond motifs is 1. The number of amides is 2. The summed E-state index contributed by atoms with van der Waals surface area (Å²) >= 11 is 6.36. The van der Waals surface area contributed by atoms with Gasteiger partial charge in [0.05, 0.1) is 18.2 Å². The number of rotatable bonds is 6. The van der Waals surface area contributed by atoms with Crippen molar-refractivity contribution in [1.29, 1.82) is 0 Å². The Bertz CT molecular complexity index is 1090. The van der Waals surface area contributed by atoms with E-state index in [4.69, 9.17) is 21.1 Å². The van der Waals surface area contributed by atoms with Gasteiger partial charge in [0.25, 0.3) is 5.91 Å². The number of halogens is 1. The van der Waals surface area contributed by atoms with E-state index < -0.39 is 6.04 Å². The van der Waals surface area contributed by atoms with Crippen LogP contribution in [0.25, 0.3) is 0 Å². The van der Waals surface area contributed by atoms with Crippen molar-refractivity contribution < 1.29 is 19.1 Å². The van der Waals surface area contributed by atoms with Crippen LogP contribution in [-0.4, -0.2) is 25.0 Å². The van der Waals surface area contributed by atoms with Crippen LogP contribution in [0.4, 0.5) is 0 Å². The highest BCUT2D eigenvalue weighted by molar-refractivity contribution is 6.32. The molecule has 1 aliphatic heterocycles. The van der Waals surface area contributed by atoms with Crippen LogP contribution in [0, 0.1) is 0 Å². The Morgan fingerprint density at radius 2 is 1.62 bits per heavy atom. The van der Waals surface area contributed by atoms with Crippen molar-refractivity contribution in [3.63, 3.8) is 0 Å². The van der Waals surface area contributed by atoms with E-state index >= 15 is 0 Å². The standard InChI is InChI=1S/C25H23ClN2O4/c26-20-14-17(15-21-23(20)32-13-7-12-31-21)16-27-25(30)22(18-8-3-1-4-9-18)28-24(29)19-10-5-2-6-11-19/h1-6,8-11,14-15,22H,7,12-13,16H2,(H,27,30)(H,28,29). The van der Waals surface area contributed by atoms with Crippen molar-refractivity contribution >= 4 is 23.4 Å². The Morgan fingerprint density at radius 1 is 0.938 bits per heavy atom. The molecule has 0 spiro atoms. The Balaban J connectivity index is 1.50. The maximum atomic E-state index is 13.1. The number of carbonyl (C=O) groups excluding carboxylic acids is 2.